The number of thioether (sulfide) groups is 1. The summed E-state index contributed by atoms with van der Waals surface area (Å²) < 4.78 is 12.5. The zero-order valence-corrected chi connectivity index (χ0v) is 17.0. The van der Waals surface area contributed by atoms with Crippen molar-refractivity contribution >= 4 is 17.7 Å². The van der Waals surface area contributed by atoms with Gasteiger partial charge in [0.05, 0.1) is 31.4 Å². The third-order valence-electron chi connectivity index (χ3n) is 4.24. The van der Waals surface area contributed by atoms with Crippen LogP contribution in [0.3, 0.4) is 0 Å². The van der Waals surface area contributed by atoms with Gasteiger partial charge in [-0.05, 0) is 36.4 Å². The average Bonchev–Trinajstić information content (AvgIpc) is 3.47. The first-order chi connectivity index (χ1) is 14.7. The average molecular weight is 421 g/mol. The predicted molar refractivity (Wildman–Crippen MR) is 112 cm³/mol. The van der Waals surface area contributed by atoms with Crippen molar-refractivity contribution in [2.45, 2.75) is 11.7 Å². The maximum Gasteiger partial charge on any atom is 0.230 e. The van der Waals surface area contributed by atoms with E-state index in [1.54, 1.807) is 31.8 Å². The molecule has 0 radical (unpaired) electrons. The van der Waals surface area contributed by atoms with Crippen LogP contribution in [0.1, 0.15) is 5.76 Å². The van der Waals surface area contributed by atoms with Gasteiger partial charge in [0, 0.05) is 24.0 Å². The Kier molecular flexibility index (Phi) is 6.09. The highest BCUT2D eigenvalue weighted by Gasteiger charge is 2.18. The van der Waals surface area contributed by atoms with Crippen molar-refractivity contribution in [3.8, 4) is 22.8 Å². The van der Waals surface area contributed by atoms with Crippen LogP contribution in [0.2, 0.25) is 0 Å². The van der Waals surface area contributed by atoms with Gasteiger partial charge in [0.15, 0.2) is 11.0 Å². The normalized spacial score (nSPS) is 10.7. The molecule has 0 aliphatic carbocycles. The summed E-state index contributed by atoms with van der Waals surface area (Å²) in [4.78, 5) is 16.5. The van der Waals surface area contributed by atoms with Crippen molar-refractivity contribution in [3.05, 3.63) is 72.9 Å². The third-order valence-corrected chi connectivity index (χ3v) is 5.17. The van der Waals surface area contributed by atoms with Crippen LogP contribution in [-0.4, -0.2) is 38.5 Å². The molecule has 0 spiro atoms. The van der Waals surface area contributed by atoms with Gasteiger partial charge in [0.2, 0.25) is 5.91 Å². The first kappa shape index (κ1) is 19.7. The monoisotopic (exact) mass is 421 g/mol. The summed E-state index contributed by atoms with van der Waals surface area (Å²) in [5.41, 5.74) is 1.65. The number of hydrogen-bond acceptors (Lipinski definition) is 7. The minimum atomic E-state index is -0.125. The number of benzene rings is 1. The molecule has 0 saturated carbocycles. The highest BCUT2D eigenvalue weighted by Crippen LogP contribution is 2.29. The van der Waals surface area contributed by atoms with Gasteiger partial charge in [0.1, 0.15) is 11.5 Å². The van der Waals surface area contributed by atoms with Gasteiger partial charge in [-0.1, -0.05) is 17.8 Å². The van der Waals surface area contributed by atoms with Crippen LogP contribution >= 0.6 is 11.8 Å². The SMILES string of the molecule is COc1cccc(-n2c(SCC(=O)NCc3ccco3)nnc2-c2cccnc2)c1. The largest absolute Gasteiger partial charge is 0.497 e. The Hall–Kier alpha value is -3.59. The summed E-state index contributed by atoms with van der Waals surface area (Å²) in [6, 6.07) is 14.9. The Bertz CT molecular complexity index is 1110. The van der Waals surface area contributed by atoms with E-state index in [4.69, 9.17) is 9.15 Å². The van der Waals surface area contributed by atoms with Crippen LogP contribution in [0, 0.1) is 0 Å². The molecule has 0 unspecified atom stereocenters. The van der Waals surface area contributed by atoms with Gasteiger partial charge in [-0.2, -0.15) is 0 Å². The number of furan rings is 1. The van der Waals surface area contributed by atoms with Gasteiger partial charge in [-0.3, -0.25) is 14.3 Å². The topological polar surface area (TPSA) is 95.1 Å². The molecule has 30 heavy (non-hydrogen) atoms. The zero-order chi connectivity index (χ0) is 20.8. The van der Waals surface area contributed by atoms with E-state index in [-0.39, 0.29) is 11.7 Å². The van der Waals surface area contributed by atoms with Crippen molar-refractivity contribution < 1.29 is 13.9 Å². The smallest absolute Gasteiger partial charge is 0.230 e. The minimum Gasteiger partial charge on any atom is -0.497 e. The quantitative estimate of drug-likeness (QED) is 0.436. The maximum absolute atomic E-state index is 12.3. The van der Waals surface area contributed by atoms with E-state index >= 15 is 0 Å². The van der Waals surface area contributed by atoms with Gasteiger partial charge < -0.3 is 14.5 Å². The van der Waals surface area contributed by atoms with Crippen molar-refractivity contribution in [3.63, 3.8) is 0 Å². The first-order valence-corrected chi connectivity index (χ1v) is 10.2. The molecule has 0 aliphatic rings. The highest BCUT2D eigenvalue weighted by molar-refractivity contribution is 7.99. The molecule has 3 aromatic heterocycles. The number of pyridine rings is 1. The molecule has 0 saturated heterocycles. The van der Waals surface area contributed by atoms with Crippen molar-refractivity contribution in [2.24, 2.45) is 0 Å². The number of rotatable bonds is 8. The second-order valence-corrected chi connectivity index (χ2v) is 7.17. The standard InChI is InChI=1S/C21H19N5O3S/c1-28-17-7-2-6-16(11-17)26-20(15-5-3-9-22-12-15)24-25-21(26)30-14-19(27)23-13-18-8-4-10-29-18/h2-12H,13-14H2,1H3,(H,23,27). The molecule has 1 aromatic carbocycles. The fourth-order valence-corrected chi connectivity index (χ4v) is 3.59. The lowest BCUT2D eigenvalue weighted by Crippen LogP contribution is -2.24. The molecule has 3 heterocycles. The maximum atomic E-state index is 12.3. The third kappa shape index (κ3) is 4.52. The highest BCUT2D eigenvalue weighted by atomic mass is 32.2. The Balaban J connectivity index is 1.58. The van der Waals surface area contributed by atoms with Crippen LogP contribution in [0.4, 0.5) is 0 Å². The molecule has 1 amide bonds. The van der Waals surface area contributed by atoms with E-state index in [1.165, 1.54) is 11.8 Å². The van der Waals surface area contributed by atoms with E-state index in [1.807, 2.05) is 47.0 Å². The second kappa shape index (κ2) is 9.27. The number of nitrogens with one attached hydrogen (secondary N) is 1. The fourth-order valence-electron chi connectivity index (χ4n) is 2.81. The molecule has 152 valence electrons. The second-order valence-electron chi connectivity index (χ2n) is 6.23. The van der Waals surface area contributed by atoms with Crippen LogP contribution < -0.4 is 10.1 Å². The zero-order valence-electron chi connectivity index (χ0n) is 16.2. The number of hydrogen-bond donors (Lipinski definition) is 1. The fraction of sp³-hybridized carbons (Fsp3) is 0.143. The summed E-state index contributed by atoms with van der Waals surface area (Å²) in [6.45, 7) is 0.343. The van der Waals surface area contributed by atoms with Crippen LogP contribution in [0.5, 0.6) is 5.75 Å². The molecule has 0 bridgehead atoms. The van der Waals surface area contributed by atoms with E-state index < -0.39 is 0 Å². The van der Waals surface area contributed by atoms with Crippen LogP contribution in [-0.2, 0) is 11.3 Å². The van der Waals surface area contributed by atoms with E-state index in [9.17, 15) is 4.79 Å². The number of aromatic nitrogens is 4. The number of amides is 1. The molecular formula is C21H19N5O3S. The summed E-state index contributed by atoms with van der Waals surface area (Å²) in [5.74, 6) is 2.11. The van der Waals surface area contributed by atoms with E-state index in [0.717, 1.165) is 11.3 Å². The lowest BCUT2D eigenvalue weighted by Gasteiger charge is -2.11. The molecule has 4 aromatic rings. The molecule has 0 aliphatic heterocycles. The Labute approximate surface area is 177 Å². The van der Waals surface area contributed by atoms with Crippen molar-refractivity contribution in [2.75, 3.05) is 12.9 Å². The first-order valence-electron chi connectivity index (χ1n) is 9.16. The number of nitrogens with zero attached hydrogens (tertiary/aromatic N) is 4. The molecule has 4 rings (SSSR count). The van der Waals surface area contributed by atoms with Gasteiger partial charge >= 0.3 is 0 Å². The molecule has 0 fully saturated rings. The number of ether oxygens (including phenoxy) is 1. The Morgan fingerprint density at radius 2 is 2.13 bits per heavy atom. The summed E-state index contributed by atoms with van der Waals surface area (Å²) in [7, 11) is 1.62. The predicted octanol–water partition coefficient (Wildman–Crippen LogP) is 3.34. The van der Waals surface area contributed by atoms with Crippen molar-refractivity contribution in [1.82, 2.24) is 25.1 Å². The lowest BCUT2D eigenvalue weighted by molar-refractivity contribution is -0.118. The summed E-state index contributed by atoms with van der Waals surface area (Å²) >= 11 is 1.30. The van der Waals surface area contributed by atoms with E-state index in [0.29, 0.717) is 29.0 Å². The number of carbonyl (C=O) groups excluding carboxylic acids is 1. The molecule has 1 N–H and O–H groups in total. The summed E-state index contributed by atoms with van der Waals surface area (Å²) in [6.07, 6.45) is 5.01. The van der Waals surface area contributed by atoms with Crippen LogP contribution in [0.25, 0.3) is 17.1 Å². The number of carbonyl (C=O) groups is 1. The van der Waals surface area contributed by atoms with Crippen LogP contribution in [0.15, 0.2) is 76.8 Å². The molecule has 9 heteroatoms. The number of methoxy groups -OCH3 is 1. The van der Waals surface area contributed by atoms with Crippen molar-refractivity contribution in [1.29, 1.82) is 0 Å². The van der Waals surface area contributed by atoms with Gasteiger partial charge in [-0.25, -0.2) is 0 Å². The summed E-state index contributed by atoms with van der Waals surface area (Å²) in [5, 5.41) is 12.1. The Morgan fingerprint density at radius 3 is 2.90 bits per heavy atom. The van der Waals surface area contributed by atoms with Gasteiger partial charge in [-0.15, -0.1) is 10.2 Å². The lowest BCUT2D eigenvalue weighted by atomic mass is 10.2. The Morgan fingerprint density at radius 1 is 1.20 bits per heavy atom. The molecular weight excluding hydrogens is 402 g/mol. The van der Waals surface area contributed by atoms with Gasteiger partial charge in [0.25, 0.3) is 0 Å². The molecule has 8 nitrogen and oxygen atoms in total. The molecule has 0 atom stereocenters. The minimum absolute atomic E-state index is 0.125. The van der Waals surface area contributed by atoms with E-state index in [2.05, 4.69) is 20.5 Å².